The van der Waals surface area contributed by atoms with Gasteiger partial charge in [-0.2, -0.15) is 0 Å². The molecule has 0 fully saturated rings. The molecule has 2 aromatic rings. The van der Waals surface area contributed by atoms with E-state index in [4.69, 9.17) is 29.9 Å². The average Bonchev–Trinajstić information content (AvgIpc) is 3.02. The quantitative estimate of drug-likeness (QED) is 0.0779. The molecule has 0 radical (unpaired) electrons. The molecule has 0 unspecified atom stereocenters. The molecule has 0 spiro atoms. The monoisotopic (exact) mass is 752 g/mol. The fourth-order valence-corrected chi connectivity index (χ4v) is 4.80. The van der Waals surface area contributed by atoms with Gasteiger partial charge in [0, 0.05) is 12.8 Å². The smallest absolute Gasteiger partial charge is 0.872 e. The Balaban J connectivity index is 0. The third-order valence-corrected chi connectivity index (χ3v) is 7.47. The Bertz CT molecular complexity index is 1160. The van der Waals surface area contributed by atoms with E-state index in [1.165, 1.54) is 36.4 Å². The summed E-state index contributed by atoms with van der Waals surface area (Å²) < 4.78 is 10.9. The van der Waals surface area contributed by atoms with E-state index in [0.29, 0.717) is 24.7 Å². The zero-order chi connectivity index (χ0) is 35.6. The topological polar surface area (TPSA) is 214 Å². The van der Waals surface area contributed by atoms with Crippen molar-refractivity contribution in [2.24, 2.45) is 0 Å². The number of ether oxygens (including phenoxy) is 2. The van der Waals surface area contributed by atoms with Crippen LogP contribution >= 0.6 is 0 Å². The molecule has 2 aromatic carbocycles. The van der Waals surface area contributed by atoms with E-state index < -0.39 is 35.4 Å². The second-order valence-electron chi connectivity index (χ2n) is 11.6. The molecule has 0 aliphatic rings. The summed E-state index contributed by atoms with van der Waals surface area (Å²) in [6.07, 6.45) is 16.7. The van der Waals surface area contributed by atoms with Crippen LogP contribution in [-0.4, -0.2) is 57.5 Å². The summed E-state index contributed by atoms with van der Waals surface area (Å²) in [5.41, 5.74) is -0.489. The molecule has 2 rings (SSSR count). The molecule has 12 nitrogen and oxygen atoms in total. The van der Waals surface area contributed by atoms with Gasteiger partial charge < -0.3 is 40.1 Å². The first-order valence-electron chi connectivity index (χ1n) is 16.8. The van der Waals surface area contributed by atoms with E-state index in [0.717, 1.165) is 103 Å². The van der Waals surface area contributed by atoms with Crippen LogP contribution in [0, 0.1) is 0 Å². The van der Waals surface area contributed by atoms with E-state index in [1.54, 1.807) is 0 Å². The molecule has 50 heavy (non-hydrogen) atoms. The SMILES string of the molecule is O=C(O)CCCCCCCCCCOc1ccc(C(=O)O)c([O-])c1.O=C(O)CCCCCCCCCCOc1ccc(C(=O)O)c([O-])c1.[K+].[K+]. The van der Waals surface area contributed by atoms with Crippen LogP contribution in [0.25, 0.3) is 0 Å². The first kappa shape index (κ1) is 50.9. The molecule has 0 bridgehead atoms. The number of aromatic carboxylic acids is 2. The van der Waals surface area contributed by atoms with Crippen molar-refractivity contribution >= 4 is 23.9 Å². The van der Waals surface area contributed by atoms with E-state index >= 15 is 0 Å². The molecule has 14 heteroatoms. The molecule has 0 saturated carbocycles. The summed E-state index contributed by atoms with van der Waals surface area (Å²) in [6, 6.07) is 7.96. The van der Waals surface area contributed by atoms with Crippen LogP contribution in [0.1, 0.15) is 136 Å². The van der Waals surface area contributed by atoms with Gasteiger partial charge in [0.25, 0.3) is 0 Å². The molecule has 4 N–H and O–H groups in total. The predicted molar refractivity (Wildman–Crippen MR) is 175 cm³/mol. The van der Waals surface area contributed by atoms with Crippen molar-refractivity contribution in [2.75, 3.05) is 13.2 Å². The molecule has 0 amide bonds. The van der Waals surface area contributed by atoms with E-state index in [-0.39, 0.29) is 127 Å². The minimum Gasteiger partial charge on any atom is -0.872 e. The fourth-order valence-electron chi connectivity index (χ4n) is 4.80. The molecule has 0 atom stereocenters. The third kappa shape index (κ3) is 26.6. The molecule has 0 heterocycles. The van der Waals surface area contributed by atoms with Crippen molar-refractivity contribution in [2.45, 2.75) is 116 Å². The Morgan fingerprint density at radius 3 is 1.00 bits per heavy atom. The van der Waals surface area contributed by atoms with Gasteiger partial charge in [0.2, 0.25) is 0 Å². The second kappa shape index (κ2) is 32.4. The molecule has 268 valence electrons. The van der Waals surface area contributed by atoms with E-state index in [9.17, 15) is 29.4 Å². The fraction of sp³-hybridized carbons (Fsp3) is 0.556. The number of aliphatic carboxylic acids is 2. The number of unbranched alkanes of at least 4 members (excludes halogenated alkanes) is 14. The van der Waals surface area contributed by atoms with Crippen LogP contribution in [0.2, 0.25) is 0 Å². The molecule has 0 aliphatic carbocycles. The Morgan fingerprint density at radius 1 is 0.460 bits per heavy atom. The van der Waals surface area contributed by atoms with Crippen molar-refractivity contribution in [1.82, 2.24) is 0 Å². The van der Waals surface area contributed by atoms with Gasteiger partial charge in [-0.1, -0.05) is 88.5 Å². The standard InChI is InChI=1S/2C18H26O6.2K/c2*19-16-13-14(10-11-15(16)18(22)23)24-12-8-6-4-2-1-3-5-7-9-17(20)21;;/h2*10-11,13,19H,1-9,12H2,(H,20,21)(H,22,23);;/q;;2*+1/p-2. The number of hydrogen-bond donors (Lipinski definition) is 4. The summed E-state index contributed by atoms with van der Waals surface area (Å²) in [5, 5.41) is 57.6. The summed E-state index contributed by atoms with van der Waals surface area (Å²) in [5.74, 6) is -4.17. The Labute approximate surface area is 380 Å². The van der Waals surface area contributed by atoms with Crippen LogP contribution in [0.3, 0.4) is 0 Å². The number of carbonyl (C=O) groups is 4. The number of carboxylic acids is 4. The first-order chi connectivity index (χ1) is 23.0. The van der Waals surface area contributed by atoms with Gasteiger partial charge in [-0.25, -0.2) is 9.59 Å². The van der Waals surface area contributed by atoms with Crippen LogP contribution in [0.5, 0.6) is 23.0 Å². The number of carboxylic acid groups (broad SMARTS) is 4. The molecular weight excluding hydrogens is 703 g/mol. The first-order valence-corrected chi connectivity index (χ1v) is 16.8. The Hall–Kier alpha value is -1.21. The van der Waals surface area contributed by atoms with Crippen LogP contribution in [0.4, 0.5) is 0 Å². The Morgan fingerprint density at radius 2 is 0.740 bits per heavy atom. The average molecular weight is 753 g/mol. The van der Waals surface area contributed by atoms with Gasteiger partial charge in [0.15, 0.2) is 0 Å². The van der Waals surface area contributed by atoms with Gasteiger partial charge >= 0.3 is 127 Å². The number of benzene rings is 2. The van der Waals surface area contributed by atoms with Gasteiger partial charge in [-0.15, -0.1) is 0 Å². The van der Waals surface area contributed by atoms with Gasteiger partial charge in [0.1, 0.15) is 11.5 Å². The van der Waals surface area contributed by atoms with Crippen molar-refractivity contribution < 1.29 is 162 Å². The third-order valence-electron chi connectivity index (χ3n) is 7.47. The minimum atomic E-state index is -1.23. The van der Waals surface area contributed by atoms with Crippen molar-refractivity contribution in [3.8, 4) is 23.0 Å². The molecule has 0 aromatic heterocycles. The van der Waals surface area contributed by atoms with Gasteiger partial charge in [0.05, 0.1) is 24.3 Å². The van der Waals surface area contributed by atoms with Crippen LogP contribution in [-0.2, 0) is 9.59 Å². The molecule has 0 aliphatic heterocycles. The summed E-state index contributed by atoms with van der Waals surface area (Å²) in [4.78, 5) is 42.2. The zero-order valence-electron chi connectivity index (χ0n) is 29.7. The molecular formula is C36H50K2O12. The maximum atomic E-state index is 11.5. The minimum absolute atomic E-state index is 0. The normalized spacial score (nSPS) is 10.1. The maximum absolute atomic E-state index is 11.5. The van der Waals surface area contributed by atoms with Gasteiger partial charge in [-0.05, 0) is 62.1 Å². The molecule has 0 saturated heterocycles. The number of rotatable bonds is 26. The zero-order valence-corrected chi connectivity index (χ0v) is 35.9. The van der Waals surface area contributed by atoms with Crippen molar-refractivity contribution in [3.63, 3.8) is 0 Å². The van der Waals surface area contributed by atoms with Gasteiger partial charge in [-0.3, -0.25) is 9.59 Å². The van der Waals surface area contributed by atoms with Crippen molar-refractivity contribution in [3.05, 3.63) is 47.5 Å². The summed E-state index contributed by atoms with van der Waals surface area (Å²) in [6.45, 7) is 1.01. The maximum Gasteiger partial charge on any atom is 1.00 e. The Kier molecular flexibility index (Phi) is 33.0. The van der Waals surface area contributed by atoms with Crippen molar-refractivity contribution in [1.29, 1.82) is 0 Å². The summed E-state index contributed by atoms with van der Waals surface area (Å²) >= 11 is 0. The summed E-state index contributed by atoms with van der Waals surface area (Å²) in [7, 11) is 0. The van der Waals surface area contributed by atoms with E-state index in [1.807, 2.05) is 0 Å². The largest absolute Gasteiger partial charge is 1.00 e. The van der Waals surface area contributed by atoms with Crippen LogP contribution < -0.4 is 122 Å². The number of hydrogen-bond acceptors (Lipinski definition) is 8. The second-order valence-corrected chi connectivity index (χ2v) is 11.6. The van der Waals surface area contributed by atoms with Crippen LogP contribution in [0.15, 0.2) is 36.4 Å². The predicted octanol–water partition coefficient (Wildman–Crippen LogP) is 0.873. The van der Waals surface area contributed by atoms with E-state index in [2.05, 4.69) is 0 Å².